The third-order valence-corrected chi connectivity index (χ3v) is 3.95. The van der Waals surface area contributed by atoms with E-state index >= 15 is 0 Å². The zero-order valence-electron chi connectivity index (χ0n) is 12.1. The van der Waals surface area contributed by atoms with Gasteiger partial charge in [0.1, 0.15) is 18.1 Å². The van der Waals surface area contributed by atoms with Gasteiger partial charge in [-0.05, 0) is 43.1 Å². The standard InChI is InChI=1S/C15H20N2O3.ClH/c1-19-13-2-3-14-10(7-13)6-11(9-20-14)15(18)17-12-4-5-16-8-12;/h2-3,7,11-12,16H,4-6,8-9H2,1H3,(H,17,18);1H. The summed E-state index contributed by atoms with van der Waals surface area (Å²) in [6, 6.07) is 5.99. The molecule has 6 heteroatoms. The Hall–Kier alpha value is -1.46. The highest BCUT2D eigenvalue weighted by atomic mass is 35.5. The predicted octanol–water partition coefficient (Wildman–Crippen LogP) is 1.15. The van der Waals surface area contributed by atoms with Crippen LogP contribution in [0.3, 0.4) is 0 Å². The number of fused-ring (bicyclic) bond motifs is 1. The van der Waals surface area contributed by atoms with E-state index in [4.69, 9.17) is 9.47 Å². The van der Waals surface area contributed by atoms with Crippen molar-refractivity contribution in [3.63, 3.8) is 0 Å². The number of ether oxygens (including phenoxy) is 2. The van der Waals surface area contributed by atoms with Crippen LogP contribution in [-0.4, -0.2) is 38.8 Å². The highest BCUT2D eigenvalue weighted by Crippen LogP contribution is 2.30. The van der Waals surface area contributed by atoms with Crippen molar-refractivity contribution in [2.24, 2.45) is 5.92 Å². The van der Waals surface area contributed by atoms with Gasteiger partial charge in [-0.25, -0.2) is 0 Å². The van der Waals surface area contributed by atoms with Crippen LogP contribution in [0, 0.1) is 5.92 Å². The van der Waals surface area contributed by atoms with E-state index in [1.165, 1.54) is 0 Å². The Morgan fingerprint density at radius 2 is 2.33 bits per heavy atom. The summed E-state index contributed by atoms with van der Waals surface area (Å²) in [5.74, 6) is 1.63. The molecule has 1 amide bonds. The molecule has 3 rings (SSSR count). The molecule has 2 unspecified atom stereocenters. The van der Waals surface area contributed by atoms with Gasteiger partial charge in [0.05, 0.1) is 13.0 Å². The molecule has 2 atom stereocenters. The Kier molecular flexibility index (Phi) is 5.31. The van der Waals surface area contributed by atoms with Gasteiger partial charge in [-0.3, -0.25) is 4.79 Å². The van der Waals surface area contributed by atoms with Crippen molar-refractivity contribution in [2.45, 2.75) is 18.9 Å². The summed E-state index contributed by atoms with van der Waals surface area (Å²) in [5.41, 5.74) is 1.04. The Morgan fingerprint density at radius 1 is 1.48 bits per heavy atom. The van der Waals surface area contributed by atoms with Crippen molar-refractivity contribution < 1.29 is 14.3 Å². The first-order valence-corrected chi connectivity index (χ1v) is 7.07. The fourth-order valence-corrected chi connectivity index (χ4v) is 2.76. The SMILES string of the molecule is COc1ccc2c(c1)CC(C(=O)NC1CCNC1)CO2.Cl. The van der Waals surface area contributed by atoms with Gasteiger partial charge < -0.3 is 20.1 Å². The molecule has 0 aliphatic carbocycles. The van der Waals surface area contributed by atoms with Gasteiger partial charge in [-0.15, -0.1) is 12.4 Å². The molecule has 0 spiro atoms. The summed E-state index contributed by atoms with van der Waals surface area (Å²) >= 11 is 0. The van der Waals surface area contributed by atoms with E-state index in [1.54, 1.807) is 7.11 Å². The quantitative estimate of drug-likeness (QED) is 0.879. The largest absolute Gasteiger partial charge is 0.497 e. The molecule has 1 fully saturated rings. The maximum Gasteiger partial charge on any atom is 0.227 e. The lowest BCUT2D eigenvalue weighted by Gasteiger charge is -2.26. The number of benzene rings is 1. The molecule has 2 heterocycles. The van der Waals surface area contributed by atoms with Gasteiger partial charge in [0, 0.05) is 12.6 Å². The molecule has 2 aliphatic rings. The Morgan fingerprint density at radius 3 is 3.05 bits per heavy atom. The van der Waals surface area contributed by atoms with E-state index in [1.807, 2.05) is 18.2 Å². The van der Waals surface area contributed by atoms with Crippen LogP contribution in [0.5, 0.6) is 11.5 Å². The first kappa shape index (κ1) is 15.9. The van der Waals surface area contributed by atoms with Crippen molar-refractivity contribution in [1.82, 2.24) is 10.6 Å². The van der Waals surface area contributed by atoms with Crippen molar-refractivity contribution >= 4 is 18.3 Å². The lowest BCUT2D eigenvalue weighted by molar-refractivity contribution is -0.126. The smallest absolute Gasteiger partial charge is 0.227 e. The lowest BCUT2D eigenvalue weighted by Crippen LogP contribution is -2.43. The van der Waals surface area contributed by atoms with Crippen LogP contribution in [0.4, 0.5) is 0 Å². The number of rotatable bonds is 3. The van der Waals surface area contributed by atoms with E-state index in [0.717, 1.165) is 36.6 Å². The fraction of sp³-hybridized carbons (Fsp3) is 0.533. The number of halogens is 1. The average Bonchev–Trinajstić information content (AvgIpc) is 2.99. The van der Waals surface area contributed by atoms with Crippen molar-refractivity contribution in [2.75, 3.05) is 26.8 Å². The molecule has 1 saturated heterocycles. The molecule has 116 valence electrons. The third kappa shape index (κ3) is 3.60. The zero-order valence-corrected chi connectivity index (χ0v) is 12.9. The Balaban J connectivity index is 0.00000161. The molecule has 0 saturated carbocycles. The molecular weight excluding hydrogens is 292 g/mol. The average molecular weight is 313 g/mol. The molecule has 0 bridgehead atoms. The second-order valence-electron chi connectivity index (χ2n) is 5.38. The number of amides is 1. The minimum absolute atomic E-state index is 0. The van der Waals surface area contributed by atoms with E-state index < -0.39 is 0 Å². The van der Waals surface area contributed by atoms with E-state index in [9.17, 15) is 4.79 Å². The molecular formula is C15H21ClN2O3. The van der Waals surface area contributed by atoms with Crippen LogP contribution in [0.25, 0.3) is 0 Å². The van der Waals surface area contributed by atoms with Crippen LogP contribution in [-0.2, 0) is 11.2 Å². The van der Waals surface area contributed by atoms with Crippen LogP contribution in [0.2, 0.25) is 0 Å². The van der Waals surface area contributed by atoms with Gasteiger partial charge >= 0.3 is 0 Å². The molecule has 1 aromatic rings. The summed E-state index contributed by atoms with van der Waals surface area (Å²) < 4.78 is 10.9. The van der Waals surface area contributed by atoms with Gasteiger partial charge in [-0.1, -0.05) is 0 Å². The minimum Gasteiger partial charge on any atom is -0.497 e. The molecule has 21 heavy (non-hydrogen) atoms. The summed E-state index contributed by atoms with van der Waals surface area (Å²) in [6.07, 6.45) is 1.71. The number of hydrogen-bond donors (Lipinski definition) is 2. The summed E-state index contributed by atoms with van der Waals surface area (Å²) in [6.45, 7) is 2.29. The fourth-order valence-electron chi connectivity index (χ4n) is 2.76. The minimum atomic E-state index is -0.116. The molecule has 2 aliphatic heterocycles. The van der Waals surface area contributed by atoms with Crippen LogP contribution >= 0.6 is 12.4 Å². The number of nitrogens with one attached hydrogen (secondary N) is 2. The van der Waals surface area contributed by atoms with Crippen molar-refractivity contribution in [1.29, 1.82) is 0 Å². The zero-order chi connectivity index (χ0) is 13.9. The lowest BCUT2D eigenvalue weighted by atomic mass is 9.95. The van der Waals surface area contributed by atoms with E-state index in [2.05, 4.69) is 10.6 Å². The van der Waals surface area contributed by atoms with Crippen molar-refractivity contribution in [3.05, 3.63) is 23.8 Å². The third-order valence-electron chi connectivity index (χ3n) is 3.95. The molecule has 0 aromatic heterocycles. The Bertz CT molecular complexity index is 504. The van der Waals surface area contributed by atoms with E-state index in [0.29, 0.717) is 13.0 Å². The molecule has 1 aromatic carbocycles. The molecule has 2 N–H and O–H groups in total. The first-order valence-electron chi connectivity index (χ1n) is 7.07. The second kappa shape index (κ2) is 7.00. The van der Waals surface area contributed by atoms with Crippen LogP contribution in [0.15, 0.2) is 18.2 Å². The number of hydrogen-bond acceptors (Lipinski definition) is 4. The molecule has 0 radical (unpaired) electrons. The summed E-state index contributed by atoms with van der Waals surface area (Å²) in [4.78, 5) is 12.3. The highest BCUT2D eigenvalue weighted by Gasteiger charge is 2.28. The normalized spacial score (nSPS) is 23.5. The Labute approximate surface area is 130 Å². The van der Waals surface area contributed by atoms with Gasteiger partial charge in [0.2, 0.25) is 5.91 Å². The van der Waals surface area contributed by atoms with Crippen molar-refractivity contribution in [3.8, 4) is 11.5 Å². The second-order valence-corrected chi connectivity index (χ2v) is 5.38. The summed E-state index contributed by atoms with van der Waals surface area (Å²) in [5, 5.41) is 6.34. The van der Waals surface area contributed by atoms with Gasteiger partial charge in [-0.2, -0.15) is 0 Å². The maximum atomic E-state index is 12.3. The van der Waals surface area contributed by atoms with Gasteiger partial charge in [0.25, 0.3) is 0 Å². The van der Waals surface area contributed by atoms with Crippen LogP contribution < -0.4 is 20.1 Å². The monoisotopic (exact) mass is 312 g/mol. The van der Waals surface area contributed by atoms with Gasteiger partial charge in [0.15, 0.2) is 0 Å². The number of carbonyl (C=O) groups excluding carboxylic acids is 1. The summed E-state index contributed by atoms with van der Waals surface area (Å²) in [7, 11) is 1.64. The first-order chi connectivity index (χ1) is 9.76. The molecule has 5 nitrogen and oxygen atoms in total. The predicted molar refractivity (Wildman–Crippen MR) is 82.3 cm³/mol. The van der Waals surface area contributed by atoms with E-state index in [-0.39, 0.29) is 30.3 Å². The maximum absolute atomic E-state index is 12.3. The highest BCUT2D eigenvalue weighted by molar-refractivity contribution is 5.85. The number of carbonyl (C=O) groups is 1. The number of methoxy groups -OCH3 is 1. The van der Waals surface area contributed by atoms with Crippen LogP contribution in [0.1, 0.15) is 12.0 Å². The topological polar surface area (TPSA) is 59.6 Å².